The fourth-order valence-corrected chi connectivity index (χ4v) is 3.18. The van der Waals surface area contributed by atoms with Crippen molar-refractivity contribution in [2.75, 3.05) is 40.4 Å². The number of aromatic amines is 1. The first kappa shape index (κ1) is 17.2. The summed E-state index contributed by atoms with van der Waals surface area (Å²) in [5, 5.41) is 0. The van der Waals surface area contributed by atoms with Gasteiger partial charge in [-0.15, -0.1) is 0 Å². The Bertz CT molecular complexity index is 713. The number of carbonyl (C=O) groups is 1. The van der Waals surface area contributed by atoms with E-state index in [4.69, 9.17) is 9.47 Å². The summed E-state index contributed by atoms with van der Waals surface area (Å²) in [5.41, 5.74) is 1.95. The quantitative estimate of drug-likeness (QED) is 0.835. The van der Waals surface area contributed by atoms with Gasteiger partial charge in [-0.1, -0.05) is 0 Å². The first-order valence-electron chi connectivity index (χ1n) is 8.51. The largest absolute Gasteiger partial charge is 0.493 e. The maximum Gasteiger partial charge on any atom is 0.254 e. The van der Waals surface area contributed by atoms with Crippen molar-refractivity contribution in [2.24, 2.45) is 0 Å². The van der Waals surface area contributed by atoms with Crippen molar-refractivity contribution in [3.8, 4) is 11.5 Å². The van der Waals surface area contributed by atoms with Crippen LogP contribution in [0.3, 0.4) is 0 Å². The molecule has 6 nitrogen and oxygen atoms in total. The number of benzene rings is 1. The highest BCUT2D eigenvalue weighted by molar-refractivity contribution is 5.95. The number of methoxy groups -OCH3 is 2. The Morgan fingerprint density at radius 2 is 1.76 bits per heavy atom. The highest BCUT2D eigenvalue weighted by Gasteiger charge is 2.25. The second-order valence-electron chi connectivity index (χ2n) is 6.20. The van der Waals surface area contributed by atoms with E-state index in [-0.39, 0.29) is 5.91 Å². The average Bonchev–Trinajstić information content (AvgIpc) is 2.68. The minimum atomic E-state index is 0.0503. The lowest BCUT2D eigenvalue weighted by molar-refractivity contribution is -0.917. The van der Waals surface area contributed by atoms with Gasteiger partial charge in [-0.05, 0) is 18.2 Å². The maximum atomic E-state index is 12.7. The second-order valence-corrected chi connectivity index (χ2v) is 6.20. The van der Waals surface area contributed by atoms with Gasteiger partial charge < -0.3 is 19.3 Å². The minimum absolute atomic E-state index is 0.0503. The van der Waals surface area contributed by atoms with Crippen molar-refractivity contribution in [1.82, 2.24) is 4.90 Å². The molecule has 2 N–H and O–H groups in total. The molecule has 1 aliphatic heterocycles. The van der Waals surface area contributed by atoms with E-state index >= 15 is 0 Å². The molecular formula is C19H25N3O3+2. The number of hydrogen-bond acceptors (Lipinski definition) is 3. The Hall–Kier alpha value is -2.60. The highest BCUT2D eigenvalue weighted by atomic mass is 16.5. The monoisotopic (exact) mass is 343 g/mol. The van der Waals surface area contributed by atoms with Crippen LogP contribution in [-0.2, 0) is 6.54 Å². The van der Waals surface area contributed by atoms with Gasteiger partial charge in [0, 0.05) is 23.3 Å². The zero-order valence-corrected chi connectivity index (χ0v) is 14.7. The van der Waals surface area contributed by atoms with Crippen molar-refractivity contribution in [3.63, 3.8) is 0 Å². The third kappa shape index (κ3) is 4.09. The normalized spacial score (nSPS) is 15.0. The molecule has 1 fully saturated rings. The fraction of sp³-hybridized carbons (Fsp3) is 0.368. The van der Waals surface area contributed by atoms with Crippen LogP contribution in [-0.4, -0.2) is 51.2 Å². The smallest absolute Gasteiger partial charge is 0.254 e. The Morgan fingerprint density at radius 1 is 1.08 bits per heavy atom. The SMILES string of the molecule is COc1ccc(C(=O)N2CC[NH+](Cc3cc[nH+]cc3)CC2)cc1OC. The highest BCUT2D eigenvalue weighted by Crippen LogP contribution is 2.28. The molecule has 1 aliphatic rings. The van der Waals surface area contributed by atoms with Gasteiger partial charge >= 0.3 is 0 Å². The number of carbonyl (C=O) groups excluding carboxylic acids is 1. The molecule has 0 atom stereocenters. The van der Waals surface area contributed by atoms with Crippen molar-refractivity contribution in [3.05, 3.63) is 53.9 Å². The summed E-state index contributed by atoms with van der Waals surface area (Å²) in [6.45, 7) is 4.44. The molecule has 1 aromatic heterocycles. The summed E-state index contributed by atoms with van der Waals surface area (Å²) in [5.74, 6) is 1.27. The number of aromatic nitrogens is 1. The van der Waals surface area contributed by atoms with Crippen molar-refractivity contribution in [1.29, 1.82) is 0 Å². The first-order chi connectivity index (χ1) is 12.2. The predicted molar refractivity (Wildman–Crippen MR) is 92.8 cm³/mol. The van der Waals surface area contributed by atoms with Crippen molar-refractivity contribution in [2.45, 2.75) is 6.54 Å². The van der Waals surface area contributed by atoms with Crippen LogP contribution in [0.5, 0.6) is 11.5 Å². The third-order valence-electron chi connectivity index (χ3n) is 4.63. The fourth-order valence-electron chi connectivity index (χ4n) is 3.18. The molecule has 0 bridgehead atoms. The Labute approximate surface area is 148 Å². The molecule has 1 aromatic carbocycles. The third-order valence-corrected chi connectivity index (χ3v) is 4.63. The molecule has 1 amide bonds. The number of nitrogens with one attached hydrogen (secondary N) is 2. The van der Waals surface area contributed by atoms with Crippen molar-refractivity contribution >= 4 is 5.91 Å². The topological polar surface area (TPSA) is 57.3 Å². The molecule has 25 heavy (non-hydrogen) atoms. The average molecular weight is 343 g/mol. The molecule has 132 valence electrons. The van der Waals surface area contributed by atoms with E-state index in [9.17, 15) is 4.79 Å². The van der Waals surface area contributed by atoms with E-state index < -0.39 is 0 Å². The van der Waals surface area contributed by atoms with E-state index in [2.05, 4.69) is 17.1 Å². The molecule has 1 saturated heterocycles. The van der Waals surface area contributed by atoms with Crippen LogP contribution in [0.2, 0.25) is 0 Å². The standard InChI is InChI=1S/C19H23N3O3/c1-24-17-4-3-16(13-18(17)25-2)19(23)22-11-9-21(10-12-22)14-15-5-7-20-8-6-15/h3-8,13H,9-12,14H2,1-2H3/p+2. The summed E-state index contributed by atoms with van der Waals surface area (Å²) < 4.78 is 10.5. The molecule has 6 heteroatoms. The van der Waals surface area contributed by atoms with E-state index in [1.165, 1.54) is 10.5 Å². The van der Waals surface area contributed by atoms with E-state index in [1.807, 2.05) is 17.3 Å². The molecule has 0 radical (unpaired) electrons. The van der Waals surface area contributed by atoms with Gasteiger partial charge in [0.25, 0.3) is 5.91 Å². The van der Waals surface area contributed by atoms with Crippen LogP contribution in [0.4, 0.5) is 0 Å². The number of pyridine rings is 1. The van der Waals surface area contributed by atoms with Gasteiger partial charge in [-0.25, -0.2) is 4.98 Å². The van der Waals surface area contributed by atoms with Gasteiger partial charge in [0.1, 0.15) is 6.54 Å². The minimum Gasteiger partial charge on any atom is -0.493 e. The van der Waals surface area contributed by atoms with E-state index in [0.717, 1.165) is 32.7 Å². The van der Waals surface area contributed by atoms with Gasteiger partial charge in [-0.2, -0.15) is 0 Å². The molecule has 0 aliphatic carbocycles. The van der Waals surface area contributed by atoms with Gasteiger partial charge in [0.05, 0.1) is 40.4 Å². The second kappa shape index (κ2) is 7.98. The van der Waals surface area contributed by atoms with Crippen LogP contribution >= 0.6 is 0 Å². The van der Waals surface area contributed by atoms with Gasteiger partial charge in [0.2, 0.25) is 0 Å². The van der Waals surface area contributed by atoms with Crippen LogP contribution in [0.25, 0.3) is 0 Å². The summed E-state index contributed by atoms with van der Waals surface area (Å²) in [6.07, 6.45) is 3.90. The van der Waals surface area contributed by atoms with Gasteiger partial charge in [0.15, 0.2) is 23.9 Å². The molecule has 0 unspecified atom stereocenters. The summed E-state index contributed by atoms with van der Waals surface area (Å²) >= 11 is 0. The zero-order chi connectivity index (χ0) is 17.6. The Kier molecular flexibility index (Phi) is 5.50. The number of H-pyrrole nitrogens is 1. The first-order valence-corrected chi connectivity index (χ1v) is 8.51. The van der Waals surface area contributed by atoms with Crippen LogP contribution < -0.4 is 19.4 Å². The molecule has 2 heterocycles. The Morgan fingerprint density at radius 3 is 2.40 bits per heavy atom. The number of hydrogen-bond donors (Lipinski definition) is 1. The lowest BCUT2D eigenvalue weighted by Gasteiger charge is -2.32. The number of ether oxygens (including phenoxy) is 2. The Balaban J connectivity index is 1.60. The number of piperazine rings is 1. The maximum absolute atomic E-state index is 12.7. The molecular weight excluding hydrogens is 318 g/mol. The number of rotatable bonds is 5. The molecule has 0 spiro atoms. The summed E-state index contributed by atoms with van der Waals surface area (Å²) in [4.78, 5) is 19.2. The predicted octanol–water partition coefficient (Wildman–Crippen LogP) is 0.0588. The molecule has 0 saturated carbocycles. The number of quaternary nitrogens is 1. The van der Waals surface area contributed by atoms with E-state index in [1.54, 1.807) is 32.4 Å². The number of amides is 1. The van der Waals surface area contributed by atoms with E-state index in [0.29, 0.717) is 17.1 Å². The number of nitrogens with zero attached hydrogens (tertiary/aromatic N) is 1. The molecule has 3 rings (SSSR count). The zero-order valence-electron chi connectivity index (χ0n) is 14.7. The summed E-state index contributed by atoms with van der Waals surface area (Å²) in [6, 6.07) is 9.53. The van der Waals surface area contributed by atoms with Crippen LogP contribution in [0, 0.1) is 0 Å². The van der Waals surface area contributed by atoms with Crippen LogP contribution in [0.1, 0.15) is 15.9 Å². The summed E-state index contributed by atoms with van der Waals surface area (Å²) in [7, 11) is 3.17. The van der Waals surface area contributed by atoms with Gasteiger partial charge in [-0.3, -0.25) is 4.79 Å². The lowest BCUT2D eigenvalue weighted by Crippen LogP contribution is -3.13. The molecule has 2 aromatic rings. The lowest BCUT2D eigenvalue weighted by atomic mass is 10.1. The van der Waals surface area contributed by atoms with Crippen molar-refractivity contribution < 1.29 is 24.2 Å². The van der Waals surface area contributed by atoms with Crippen LogP contribution in [0.15, 0.2) is 42.7 Å².